The second kappa shape index (κ2) is 10.8. The molecule has 1 aliphatic carbocycles. The number of oxime groups is 1. The molecular weight excluding hydrogens is 484 g/mol. The van der Waals surface area contributed by atoms with Gasteiger partial charge in [0.05, 0.1) is 12.0 Å². The van der Waals surface area contributed by atoms with Crippen molar-refractivity contribution in [2.45, 2.75) is 87.1 Å². The van der Waals surface area contributed by atoms with Crippen molar-refractivity contribution in [2.75, 3.05) is 0 Å². The Morgan fingerprint density at radius 2 is 1.80 bits per heavy atom. The molecule has 3 aliphatic rings. The quantitative estimate of drug-likeness (QED) is 0.171. The Labute approximate surface area is 230 Å². The molecule has 11 heteroatoms. The summed E-state index contributed by atoms with van der Waals surface area (Å²) in [5.41, 5.74) is -0.856. The van der Waals surface area contributed by atoms with Crippen LogP contribution in [-0.2, 0) is 19.2 Å². The van der Waals surface area contributed by atoms with Crippen molar-refractivity contribution in [2.24, 2.45) is 5.16 Å². The zero-order chi connectivity index (χ0) is 24.7. The van der Waals surface area contributed by atoms with E-state index in [9.17, 15) is 23.9 Å². The van der Waals surface area contributed by atoms with Crippen LogP contribution >= 0.6 is 11.8 Å². The first-order valence-corrected chi connectivity index (χ1v) is 12.4. The van der Waals surface area contributed by atoms with Gasteiger partial charge in [-0.3, -0.25) is 9.59 Å². The van der Waals surface area contributed by atoms with Crippen molar-refractivity contribution in [3.8, 4) is 0 Å². The van der Waals surface area contributed by atoms with E-state index in [-0.39, 0.29) is 40.8 Å². The van der Waals surface area contributed by atoms with Crippen LogP contribution in [-0.4, -0.2) is 56.2 Å². The predicted octanol–water partition coefficient (Wildman–Crippen LogP) is -1.04. The molecule has 2 amide bonds. The van der Waals surface area contributed by atoms with E-state index in [1.165, 1.54) is 34.9 Å². The van der Waals surface area contributed by atoms with Crippen molar-refractivity contribution < 1.29 is 58.3 Å². The van der Waals surface area contributed by atoms with Gasteiger partial charge in [-0.25, -0.2) is 4.39 Å². The maximum absolute atomic E-state index is 14.6. The monoisotopic (exact) mass is 513 g/mol. The maximum atomic E-state index is 14.6. The van der Waals surface area contributed by atoms with E-state index in [0.717, 1.165) is 38.5 Å². The third kappa shape index (κ3) is 5.55. The molecule has 3 fully saturated rings. The summed E-state index contributed by atoms with van der Waals surface area (Å²) in [6, 6.07) is 3.70. The zero-order valence-corrected chi connectivity index (χ0v) is 23.3. The third-order valence-electron chi connectivity index (χ3n) is 6.81. The minimum absolute atomic E-state index is 0. The predicted molar refractivity (Wildman–Crippen MR) is 123 cm³/mol. The van der Waals surface area contributed by atoms with Crippen LogP contribution in [0.2, 0.25) is 0 Å². The molecule has 1 aromatic carbocycles. The molecule has 0 spiro atoms. The van der Waals surface area contributed by atoms with E-state index in [1.54, 1.807) is 19.9 Å². The first-order valence-electron chi connectivity index (χ1n) is 11.6. The Hall–Kier alpha value is -1.62. The first-order chi connectivity index (χ1) is 16.0. The third-order valence-corrected chi connectivity index (χ3v) is 8.39. The number of carboxylic acids is 1. The van der Waals surface area contributed by atoms with Crippen molar-refractivity contribution >= 4 is 35.3 Å². The molecule has 3 atom stereocenters. The number of hydrogen-bond acceptors (Lipinski definition) is 7. The summed E-state index contributed by atoms with van der Waals surface area (Å²) in [5.74, 6) is -3.25. The van der Waals surface area contributed by atoms with Gasteiger partial charge in [0.15, 0.2) is 5.71 Å². The molecule has 184 valence electrons. The summed E-state index contributed by atoms with van der Waals surface area (Å²) in [7, 11) is 0. The fourth-order valence-electron chi connectivity index (χ4n) is 4.93. The number of carbonyl (C=O) groups is 3. The smallest absolute Gasteiger partial charge is 0.548 e. The number of hydrogen-bond donors (Lipinski definition) is 1. The fourth-order valence-corrected chi connectivity index (χ4v) is 6.55. The first kappa shape index (κ1) is 28.0. The molecule has 4 rings (SSSR count). The Kier molecular flexibility index (Phi) is 8.61. The Morgan fingerprint density at radius 1 is 1.17 bits per heavy atom. The molecule has 2 aliphatic heterocycles. The van der Waals surface area contributed by atoms with Crippen LogP contribution < -0.4 is 40.0 Å². The van der Waals surface area contributed by atoms with Gasteiger partial charge in [0.25, 0.3) is 5.91 Å². The van der Waals surface area contributed by atoms with Crippen LogP contribution in [0.3, 0.4) is 0 Å². The number of amides is 2. The Balaban J connectivity index is 0.00000342. The summed E-state index contributed by atoms with van der Waals surface area (Å²) in [6.45, 7) is 5.37. The average molecular weight is 514 g/mol. The van der Waals surface area contributed by atoms with Crippen LogP contribution in [0, 0.1) is 5.82 Å². The average Bonchev–Trinajstić information content (AvgIpc) is 2.87. The molecule has 0 aromatic heterocycles. The number of aliphatic carboxylic acids is 1. The summed E-state index contributed by atoms with van der Waals surface area (Å²) in [5, 5.41) is 17.8. The van der Waals surface area contributed by atoms with Gasteiger partial charge in [0.1, 0.15) is 22.8 Å². The molecule has 0 unspecified atom stereocenters. The molecule has 1 aromatic rings. The van der Waals surface area contributed by atoms with Gasteiger partial charge in [-0.15, -0.1) is 11.8 Å². The van der Waals surface area contributed by atoms with E-state index in [4.69, 9.17) is 4.84 Å². The number of nitrogens with one attached hydrogen (secondary N) is 1. The van der Waals surface area contributed by atoms with Gasteiger partial charge < -0.3 is 25.0 Å². The van der Waals surface area contributed by atoms with Crippen molar-refractivity contribution in [1.29, 1.82) is 0 Å². The molecule has 0 radical (unpaired) electrons. The standard InChI is InChI=1S/C24H30FN3O5S.Na/c1-23(2)18(22(31)32)28-20(30)17(21(28)34-23)26-19(29)16(14-10-6-7-11-15(14)25)27-33-24(3)12-8-4-5-9-13-24;/h6-7,10-11,17-18,21H,4-5,8-9,12-13H2,1-3H3,(H,26,29)(H,31,32);/q;+1/p-1/b27-16-;/t17-,18-,21+;/m0./s1. The number of halogens is 1. The van der Waals surface area contributed by atoms with Crippen molar-refractivity contribution in [1.82, 2.24) is 10.2 Å². The van der Waals surface area contributed by atoms with E-state index in [1.807, 2.05) is 6.92 Å². The number of rotatable bonds is 6. The summed E-state index contributed by atoms with van der Waals surface area (Å²) >= 11 is 1.28. The van der Waals surface area contributed by atoms with Crippen molar-refractivity contribution in [3.63, 3.8) is 0 Å². The number of carbonyl (C=O) groups excluding carboxylic acids is 3. The molecule has 1 N–H and O–H groups in total. The molecule has 1 saturated carbocycles. The summed E-state index contributed by atoms with van der Waals surface area (Å²) in [4.78, 5) is 44.7. The number of fused-ring (bicyclic) bond motifs is 1. The molecule has 8 nitrogen and oxygen atoms in total. The number of β-lactam (4-membered cyclic amide) rings is 1. The zero-order valence-electron chi connectivity index (χ0n) is 20.5. The van der Waals surface area contributed by atoms with Crippen LogP contribution in [0.25, 0.3) is 0 Å². The van der Waals surface area contributed by atoms with Crippen LogP contribution in [0.4, 0.5) is 4.39 Å². The van der Waals surface area contributed by atoms with Crippen LogP contribution in [0.5, 0.6) is 0 Å². The molecule has 2 heterocycles. The second-order valence-electron chi connectivity index (χ2n) is 9.91. The molecule has 2 saturated heterocycles. The second-order valence-corrected chi connectivity index (χ2v) is 11.7. The number of carboxylic acid groups (broad SMARTS) is 1. The molecule has 0 bridgehead atoms. The van der Waals surface area contributed by atoms with Gasteiger partial charge >= 0.3 is 29.6 Å². The van der Waals surface area contributed by atoms with E-state index in [2.05, 4.69) is 10.5 Å². The summed E-state index contributed by atoms with van der Waals surface area (Å²) < 4.78 is 13.8. The summed E-state index contributed by atoms with van der Waals surface area (Å²) in [6.07, 6.45) is 5.72. The van der Waals surface area contributed by atoms with Gasteiger partial charge in [0, 0.05) is 10.3 Å². The van der Waals surface area contributed by atoms with Crippen molar-refractivity contribution in [3.05, 3.63) is 35.6 Å². The molecule has 35 heavy (non-hydrogen) atoms. The van der Waals surface area contributed by atoms with Gasteiger partial charge in [-0.2, -0.15) is 0 Å². The topological polar surface area (TPSA) is 111 Å². The normalized spacial score (nSPS) is 27.1. The molecular formula is C24H29FN3NaO5S. The van der Waals surface area contributed by atoms with Crippen LogP contribution in [0.15, 0.2) is 29.4 Å². The minimum atomic E-state index is -1.34. The maximum Gasteiger partial charge on any atom is 1.00 e. The largest absolute Gasteiger partial charge is 1.00 e. The van der Waals surface area contributed by atoms with E-state index < -0.39 is 51.4 Å². The SMILES string of the molecule is CC1(O/N=C(\C(=O)N[C@H]2C(=O)N3[C@@H]2SC(C)(C)[C@@H]3C(=O)[O-])c2ccccc2F)CCCCCC1.[Na+]. The number of benzene rings is 1. The number of nitrogens with zero attached hydrogens (tertiary/aromatic N) is 2. The van der Waals surface area contributed by atoms with Gasteiger partial charge in [-0.1, -0.05) is 30.1 Å². The Bertz CT molecular complexity index is 1030. The van der Waals surface area contributed by atoms with Gasteiger partial charge in [-0.05, 0) is 58.6 Å². The Morgan fingerprint density at radius 3 is 2.40 bits per heavy atom. The van der Waals surface area contributed by atoms with Gasteiger partial charge in [0.2, 0.25) is 5.91 Å². The van der Waals surface area contributed by atoms with Crippen LogP contribution in [0.1, 0.15) is 64.9 Å². The van der Waals surface area contributed by atoms with E-state index >= 15 is 0 Å². The number of thioether (sulfide) groups is 1. The minimum Gasteiger partial charge on any atom is -0.548 e. The fraction of sp³-hybridized carbons (Fsp3) is 0.583. The van der Waals surface area contributed by atoms with E-state index in [0.29, 0.717) is 0 Å².